The van der Waals surface area contributed by atoms with Crippen molar-refractivity contribution in [1.82, 2.24) is 0 Å². The second-order valence-corrected chi connectivity index (χ2v) is 3.71. The summed E-state index contributed by atoms with van der Waals surface area (Å²) in [6, 6.07) is 6.95. The lowest BCUT2D eigenvalue weighted by Crippen LogP contribution is -2.08. The van der Waals surface area contributed by atoms with Crippen LogP contribution in [0.4, 0.5) is 5.69 Å². The molecule has 0 spiro atoms. The van der Waals surface area contributed by atoms with E-state index in [0.717, 1.165) is 12.8 Å². The molecule has 1 heterocycles. The Morgan fingerprint density at radius 2 is 2.38 bits per heavy atom. The lowest BCUT2D eigenvalue weighted by molar-refractivity contribution is 0.299. The van der Waals surface area contributed by atoms with Crippen molar-refractivity contribution >= 4 is 5.69 Å². The summed E-state index contributed by atoms with van der Waals surface area (Å²) in [6.07, 6.45) is 1.87. The van der Waals surface area contributed by atoms with Crippen molar-refractivity contribution in [2.24, 2.45) is 0 Å². The Kier molecular flexibility index (Phi) is 2.23. The first-order valence-corrected chi connectivity index (χ1v) is 4.79. The summed E-state index contributed by atoms with van der Waals surface area (Å²) in [6.45, 7) is 2.42. The highest BCUT2D eigenvalue weighted by molar-refractivity contribution is 5.57. The lowest BCUT2D eigenvalue weighted by Gasteiger charge is -2.03. The van der Waals surface area contributed by atoms with Crippen LogP contribution in [0, 0.1) is 0 Å². The molecule has 1 atom stereocenters. The summed E-state index contributed by atoms with van der Waals surface area (Å²) in [7, 11) is 0. The third-order valence-corrected chi connectivity index (χ3v) is 2.50. The number of anilines is 1. The van der Waals surface area contributed by atoms with Crippen LogP contribution < -0.4 is 5.32 Å². The zero-order valence-electron chi connectivity index (χ0n) is 7.88. The van der Waals surface area contributed by atoms with Crippen molar-refractivity contribution in [2.75, 3.05) is 11.9 Å². The van der Waals surface area contributed by atoms with E-state index in [1.807, 2.05) is 0 Å². The van der Waals surface area contributed by atoms with Gasteiger partial charge in [-0.05, 0) is 37.0 Å². The Bertz CT molecular complexity index is 309. The number of fused-ring (bicyclic) bond motifs is 1. The monoisotopic (exact) mass is 177 g/mol. The Morgan fingerprint density at radius 1 is 1.54 bits per heavy atom. The molecule has 2 N–H and O–H groups in total. The molecule has 70 valence electrons. The van der Waals surface area contributed by atoms with Crippen LogP contribution in [0.25, 0.3) is 0 Å². The number of aliphatic hydroxyl groups excluding tert-OH is 1. The minimum absolute atomic E-state index is 0.238. The molecule has 1 aromatic carbocycles. The van der Waals surface area contributed by atoms with Gasteiger partial charge in [-0.2, -0.15) is 0 Å². The molecule has 0 amide bonds. The highest BCUT2D eigenvalue weighted by atomic mass is 16.2. The first-order valence-electron chi connectivity index (χ1n) is 4.79. The zero-order valence-corrected chi connectivity index (χ0v) is 7.88. The van der Waals surface area contributed by atoms with E-state index in [-0.39, 0.29) is 6.61 Å². The molecule has 0 bridgehead atoms. The van der Waals surface area contributed by atoms with E-state index in [1.165, 1.54) is 16.8 Å². The molecule has 0 saturated carbocycles. The molecular weight excluding hydrogens is 162 g/mol. The average Bonchev–Trinajstić information content (AvgIpc) is 2.44. The van der Waals surface area contributed by atoms with Crippen molar-refractivity contribution < 1.29 is 5.11 Å². The van der Waals surface area contributed by atoms with Gasteiger partial charge in [0.2, 0.25) is 0 Å². The molecule has 0 fully saturated rings. The molecule has 0 aliphatic carbocycles. The Labute approximate surface area is 78.6 Å². The SMILES string of the molecule is CC1Cc2cc(CCO)ccc2N1. The van der Waals surface area contributed by atoms with Gasteiger partial charge in [0.25, 0.3) is 0 Å². The maximum Gasteiger partial charge on any atom is 0.0471 e. The molecule has 1 aromatic rings. The fourth-order valence-corrected chi connectivity index (χ4v) is 1.89. The molecule has 0 aromatic heterocycles. The van der Waals surface area contributed by atoms with Crippen molar-refractivity contribution in [2.45, 2.75) is 25.8 Å². The minimum Gasteiger partial charge on any atom is -0.396 e. The summed E-state index contributed by atoms with van der Waals surface area (Å²) < 4.78 is 0. The molecule has 1 unspecified atom stereocenters. The quantitative estimate of drug-likeness (QED) is 0.718. The van der Waals surface area contributed by atoms with E-state index in [2.05, 4.69) is 30.4 Å². The first kappa shape index (κ1) is 8.57. The lowest BCUT2D eigenvalue weighted by atomic mass is 10.1. The van der Waals surface area contributed by atoms with Crippen molar-refractivity contribution in [3.8, 4) is 0 Å². The van der Waals surface area contributed by atoms with E-state index in [1.54, 1.807) is 0 Å². The highest BCUT2D eigenvalue weighted by Crippen LogP contribution is 2.26. The summed E-state index contributed by atoms with van der Waals surface area (Å²) >= 11 is 0. The summed E-state index contributed by atoms with van der Waals surface area (Å²) in [4.78, 5) is 0. The third kappa shape index (κ3) is 1.68. The van der Waals surface area contributed by atoms with Crippen LogP contribution in [0.3, 0.4) is 0 Å². The smallest absolute Gasteiger partial charge is 0.0471 e. The standard InChI is InChI=1S/C11H15NO/c1-8-6-10-7-9(4-5-13)2-3-11(10)12-8/h2-3,7-8,12-13H,4-6H2,1H3. The summed E-state index contributed by atoms with van der Waals surface area (Å²) in [5.74, 6) is 0. The molecule has 2 nitrogen and oxygen atoms in total. The fraction of sp³-hybridized carbons (Fsp3) is 0.455. The van der Waals surface area contributed by atoms with Gasteiger partial charge >= 0.3 is 0 Å². The molecule has 1 aliphatic heterocycles. The highest BCUT2D eigenvalue weighted by Gasteiger charge is 2.15. The normalized spacial score (nSPS) is 19.7. The van der Waals surface area contributed by atoms with Gasteiger partial charge in [-0.25, -0.2) is 0 Å². The molecule has 1 aliphatic rings. The minimum atomic E-state index is 0.238. The number of nitrogens with one attached hydrogen (secondary N) is 1. The van der Waals surface area contributed by atoms with Gasteiger partial charge in [-0.1, -0.05) is 12.1 Å². The Balaban J connectivity index is 2.24. The van der Waals surface area contributed by atoms with Crippen LogP contribution >= 0.6 is 0 Å². The molecule has 0 saturated heterocycles. The van der Waals surface area contributed by atoms with Gasteiger partial charge in [0.1, 0.15) is 0 Å². The van der Waals surface area contributed by atoms with Gasteiger partial charge < -0.3 is 10.4 Å². The Hall–Kier alpha value is -1.02. The van der Waals surface area contributed by atoms with Gasteiger partial charge in [0.15, 0.2) is 0 Å². The zero-order chi connectivity index (χ0) is 9.26. The van der Waals surface area contributed by atoms with Crippen LogP contribution in [0.2, 0.25) is 0 Å². The van der Waals surface area contributed by atoms with Crippen LogP contribution in [0.15, 0.2) is 18.2 Å². The van der Waals surface area contributed by atoms with Gasteiger partial charge in [-0.15, -0.1) is 0 Å². The second-order valence-electron chi connectivity index (χ2n) is 3.71. The molecule has 13 heavy (non-hydrogen) atoms. The van der Waals surface area contributed by atoms with Gasteiger partial charge in [-0.3, -0.25) is 0 Å². The molecular formula is C11H15NO. The third-order valence-electron chi connectivity index (χ3n) is 2.50. The fourth-order valence-electron chi connectivity index (χ4n) is 1.89. The van der Waals surface area contributed by atoms with Crippen molar-refractivity contribution in [3.63, 3.8) is 0 Å². The maximum atomic E-state index is 8.80. The van der Waals surface area contributed by atoms with E-state index in [9.17, 15) is 0 Å². The first-order chi connectivity index (χ1) is 6.29. The van der Waals surface area contributed by atoms with Crippen LogP contribution in [0.1, 0.15) is 18.1 Å². The van der Waals surface area contributed by atoms with Crippen LogP contribution in [-0.2, 0) is 12.8 Å². The summed E-state index contributed by atoms with van der Waals surface area (Å²) in [5.41, 5.74) is 3.88. The number of benzene rings is 1. The summed E-state index contributed by atoms with van der Waals surface area (Å²) in [5, 5.41) is 12.2. The van der Waals surface area contributed by atoms with E-state index in [0.29, 0.717) is 6.04 Å². The number of hydrogen-bond acceptors (Lipinski definition) is 2. The predicted molar refractivity (Wildman–Crippen MR) is 54.0 cm³/mol. The largest absolute Gasteiger partial charge is 0.396 e. The maximum absolute atomic E-state index is 8.80. The topological polar surface area (TPSA) is 32.3 Å². The average molecular weight is 177 g/mol. The Morgan fingerprint density at radius 3 is 3.15 bits per heavy atom. The van der Waals surface area contributed by atoms with Crippen molar-refractivity contribution in [1.29, 1.82) is 0 Å². The molecule has 2 rings (SSSR count). The van der Waals surface area contributed by atoms with Crippen LogP contribution in [-0.4, -0.2) is 17.8 Å². The number of aliphatic hydroxyl groups is 1. The van der Waals surface area contributed by atoms with Gasteiger partial charge in [0.05, 0.1) is 0 Å². The molecule has 0 radical (unpaired) electrons. The number of rotatable bonds is 2. The van der Waals surface area contributed by atoms with Gasteiger partial charge in [0, 0.05) is 18.3 Å². The van der Waals surface area contributed by atoms with E-state index >= 15 is 0 Å². The predicted octanol–water partition coefficient (Wildman–Crippen LogP) is 1.58. The van der Waals surface area contributed by atoms with Crippen LogP contribution in [0.5, 0.6) is 0 Å². The number of hydrogen-bond donors (Lipinski definition) is 2. The second kappa shape index (κ2) is 3.38. The molecule has 2 heteroatoms. The van der Waals surface area contributed by atoms with E-state index in [4.69, 9.17) is 5.11 Å². The van der Waals surface area contributed by atoms with E-state index < -0.39 is 0 Å². The van der Waals surface area contributed by atoms with Crippen molar-refractivity contribution in [3.05, 3.63) is 29.3 Å².